The Bertz CT molecular complexity index is 1150. The quantitative estimate of drug-likeness (QED) is 0.497. The molecule has 0 bridgehead atoms. The van der Waals surface area contributed by atoms with E-state index in [1.165, 1.54) is 0 Å². The van der Waals surface area contributed by atoms with Crippen molar-refractivity contribution in [2.24, 2.45) is 0 Å². The van der Waals surface area contributed by atoms with Gasteiger partial charge in [0.25, 0.3) is 0 Å². The van der Waals surface area contributed by atoms with Crippen molar-refractivity contribution in [1.82, 2.24) is 14.5 Å². The highest BCUT2D eigenvalue weighted by atomic mass is 16.5. The van der Waals surface area contributed by atoms with Gasteiger partial charge < -0.3 is 15.0 Å². The first kappa shape index (κ1) is 19.5. The summed E-state index contributed by atoms with van der Waals surface area (Å²) in [6.07, 6.45) is 1.83. The van der Waals surface area contributed by atoms with Crippen LogP contribution in [-0.2, 0) is 0 Å². The van der Waals surface area contributed by atoms with E-state index in [1.807, 2.05) is 67.8 Å². The summed E-state index contributed by atoms with van der Waals surface area (Å²) in [5.41, 5.74) is 4.84. The second kappa shape index (κ2) is 8.29. The van der Waals surface area contributed by atoms with E-state index in [0.717, 1.165) is 33.7 Å². The van der Waals surface area contributed by atoms with Crippen molar-refractivity contribution in [1.29, 1.82) is 0 Å². The second-order valence-corrected chi connectivity index (χ2v) is 7.14. The summed E-state index contributed by atoms with van der Waals surface area (Å²) in [5, 5.41) is 2.92. The zero-order chi connectivity index (χ0) is 21.1. The number of benzene rings is 3. The fourth-order valence-electron chi connectivity index (χ4n) is 3.36. The van der Waals surface area contributed by atoms with E-state index in [4.69, 9.17) is 4.74 Å². The van der Waals surface area contributed by atoms with Crippen molar-refractivity contribution in [2.45, 2.75) is 13.0 Å². The summed E-state index contributed by atoms with van der Waals surface area (Å²) in [7, 11) is 3.41. The van der Waals surface area contributed by atoms with Gasteiger partial charge in [0.05, 0.1) is 24.2 Å². The third-order valence-electron chi connectivity index (χ3n) is 5.35. The van der Waals surface area contributed by atoms with E-state index < -0.39 is 0 Å². The van der Waals surface area contributed by atoms with Crippen molar-refractivity contribution < 1.29 is 9.53 Å². The Hall–Kier alpha value is -3.80. The first-order valence-corrected chi connectivity index (χ1v) is 9.77. The van der Waals surface area contributed by atoms with Crippen LogP contribution in [-0.4, -0.2) is 34.6 Å². The fraction of sp³-hybridized carbons (Fsp3) is 0.167. The van der Waals surface area contributed by atoms with Crippen LogP contribution in [0.2, 0.25) is 0 Å². The van der Waals surface area contributed by atoms with Crippen LogP contribution in [0.3, 0.4) is 0 Å². The number of nitrogens with one attached hydrogen (secondary N) is 1. The molecule has 0 saturated heterocycles. The van der Waals surface area contributed by atoms with Crippen LogP contribution in [0.15, 0.2) is 79.1 Å². The normalized spacial score (nSPS) is 11.8. The molecule has 3 aromatic carbocycles. The molecule has 0 aliphatic heterocycles. The number of urea groups is 1. The minimum absolute atomic E-state index is 0.0863. The Kier molecular flexibility index (Phi) is 5.39. The smallest absolute Gasteiger partial charge is 0.322 e. The molecule has 0 fully saturated rings. The molecule has 0 aliphatic rings. The lowest BCUT2D eigenvalue weighted by atomic mass is 10.1. The molecule has 0 saturated carbocycles. The van der Waals surface area contributed by atoms with Gasteiger partial charge in [0.15, 0.2) is 0 Å². The summed E-state index contributed by atoms with van der Waals surface area (Å²) in [5.74, 6) is 0.750. The molecule has 4 aromatic rings. The first-order chi connectivity index (χ1) is 14.6. The van der Waals surface area contributed by atoms with E-state index in [0.29, 0.717) is 0 Å². The number of aromatic nitrogens is 2. The molecule has 152 valence electrons. The second-order valence-electron chi connectivity index (χ2n) is 7.14. The number of para-hydroxylation sites is 2. The maximum atomic E-state index is 12.7. The zero-order valence-electron chi connectivity index (χ0n) is 17.2. The number of methoxy groups -OCH3 is 1. The molecular formula is C24H24N4O2. The SMILES string of the molecule is COc1ccc(NC(=O)N(C)[C@@H](C)c2ccc(-n3cnc4ccccc43)cc2)cc1. The molecule has 4 rings (SSSR count). The van der Waals surface area contributed by atoms with E-state index in [-0.39, 0.29) is 12.1 Å². The Labute approximate surface area is 175 Å². The van der Waals surface area contributed by atoms with Crippen molar-refractivity contribution in [3.63, 3.8) is 0 Å². The third kappa shape index (κ3) is 3.85. The molecule has 1 atom stereocenters. The molecule has 0 spiro atoms. The topological polar surface area (TPSA) is 59.4 Å². The molecule has 0 aliphatic carbocycles. The Balaban J connectivity index is 1.47. The lowest BCUT2D eigenvalue weighted by molar-refractivity contribution is 0.208. The first-order valence-electron chi connectivity index (χ1n) is 9.77. The Morgan fingerprint density at radius 2 is 1.73 bits per heavy atom. The standard InChI is InChI=1S/C24H24N4O2/c1-17(27(2)24(29)26-19-10-14-21(30-3)15-11-19)18-8-12-20(13-9-18)28-16-25-22-6-4-5-7-23(22)28/h4-17H,1-3H3,(H,26,29)/t17-/m0/s1. The number of rotatable bonds is 5. The van der Waals surface area contributed by atoms with Crippen molar-refractivity contribution in [3.05, 3.63) is 84.7 Å². The number of nitrogens with zero attached hydrogens (tertiary/aromatic N) is 3. The third-order valence-corrected chi connectivity index (χ3v) is 5.35. The molecule has 2 amide bonds. The van der Waals surface area contributed by atoms with Crippen molar-refractivity contribution in [2.75, 3.05) is 19.5 Å². The summed E-state index contributed by atoms with van der Waals surface area (Å²) in [6.45, 7) is 2.01. The van der Waals surface area contributed by atoms with E-state index >= 15 is 0 Å². The number of ether oxygens (including phenoxy) is 1. The largest absolute Gasteiger partial charge is 0.497 e. The highest BCUT2D eigenvalue weighted by Crippen LogP contribution is 2.24. The number of fused-ring (bicyclic) bond motifs is 1. The number of carbonyl (C=O) groups excluding carboxylic acids is 1. The monoisotopic (exact) mass is 400 g/mol. The summed E-state index contributed by atoms with van der Waals surface area (Å²) in [6, 6.07) is 23.3. The van der Waals surface area contributed by atoms with Gasteiger partial charge in [-0.2, -0.15) is 0 Å². The summed E-state index contributed by atoms with van der Waals surface area (Å²) >= 11 is 0. The molecule has 0 radical (unpaired) electrons. The van der Waals surface area contributed by atoms with Gasteiger partial charge in [-0.3, -0.25) is 4.57 Å². The van der Waals surface area contributed by atoms with Crippen LogP contribution < -0.4 is 10.1 Å². The molecule has 1 N–H and O–H groups in total. The lowest BCUT2D eigenvalue weighted by Crippen LogP contribution is -2.33. The number of hydrogen-bond donors (Lipinski definition) is 1. The lowest BCUT2D eigenvalue weighted by Gasteiger charge is -2.26. The molecule has 6 heteroatoms. The van der Waals surface area contributed by atoms with Gasteiger partial charge in [-0.25, -0.2) is 9.78 Å². The number of carbonyl (C=O) groups is 1. The van der Waals surface area contributed by atoms with Gasteiger partial charge >= 0.3 is 6.03 Å². The number of anilines is 1. The van der Waals surface area contributed by atoms with Crippen molar-refractivity contribution >= 4 is 22.8 Å². The highest BCUT2D eigenvalue weighted by Gasteiger charge is 2.18. The predicted octanol–water partition coefficient (Wildman–Crippen LogP) is 5.26. The van der Waals surface area contributed by atoms with Crippen LogP contribution >= 0.6 is 0 Å². The van der Waals surface area contributed by atoms with Crippen LogP contribution in [0.5, 0.6) is 5.75 Å². The average molecular weight is 400 g/mol. The number of amides is 2. The van der Waals surface area contributed by atoms with E-state index in [1.54, 1.807) is 19.1 Å². The van der Waals surface area contributed by atoms with Crippen LogP contribution in [0, 0.1) is 0 Å². The highest BCUT2D eigenvalue weighted by molar-refractivity contribution is 5.89. The van der Waals surface area contributed by atoms with E-state index in [2.05, 4.69) is 33.1 Å². The van der Waals surface area contributed by atoms with Gasteiger partial charge in [0.1, 0.15) is 12.1 Å². The zero-order valence-corrected chi connectivity index (χ0v) is 17.2. The predicted molar refractivity (Wildman–Crippen MR) is 119 cm³/mol. The summed E-state index contributed by atoms with van der Waals surface area (Å²) < 4.78 is 7.21. The maximum Gasteiger partial charge on any atom is 0.322 e. The van der Waals surface area contributed by atoms with Gasteiger partial charge in [-0.05, 0) is 61.0 Å². The van der Waals surface area contributed by atoms with Crippen molar-refractivity contribution in [3.8, 4) is 11.4 Å². The van der Waals surface area contributed by atoms with Gasteiger partial charge in [0, 0.05) is 18.4 Å². The van der Waals surface area contributed by atoms with Gasteiger partial charge in [-0.1, -0.05) is 24.3 Å². The Morgan fingerprint density at radius 1 is 1.03 bits per heavy atom. The average Bonchev–Trinajstić information content (AvgIpc) is 3.23. The summed E-state index contributed by atoms with van der Waals surface area (Å²) in [4.78, 5) is 18.8. The minimum atomic E-state index is -0.169. The molecule has 1 aromatic heterocycles. The van der Waals surface area contributed by atoms with Crippen LogP contribution in [0.25, 0.3) is 16.7 Å². The van der Waals surface area contributed by atoms with E-state index in [9.17, 15) is 4.79 Å². The van der Waals surface area contributed by atoms with Gasteiger partial charge in [0.2, 0.25) is 0 Å². The van der Waals surface area contributed by atoms with Crippen LogP contribution in [0.4, 0.5) is 10.5 Å². The molecular weight excluding hydrogens is 376 g/mol. The number of imidazole rings is 1. The molecule has 1 heterocycles. The minimum Gasteiger partial charge on any atom is -0.497 e. The van der Waals surface area contributed by atoms with Gasteiger partial charge in [-0.15, -0.1) is 0 Å². The number of hydrogen-bond acceptors (Lipinski definition) is 3. The Morgan fingerprint density at radius 3 is 2.43 bits per heavy atom. The maximum absolute atomic E-state index is 12.7. The molecule has 0 unspecified atom stereocenters. The van der Waals surface area contributed by atoms with Crippen LogP contribution in [0.1, 0.15) is 18.5 Å². The fourth-order valence-corrected chi connectivity index (χ4v) is 3.36. The molecule has 6 nitrogen and oxygen atoms in total. The molecule has 30 heavy (non-hydrogen) atoms.